The summed E-state index contributed by atoms with van der Waals surface area (Å²) in [5, 5.41) is 14.1. The Labute approximate surface area is 132 Å². The van der Waals surface area contributed by atoms with Crippen LogP contribution in [-0.4, -0.2) is 31.6 Å². The lowest BCUT2D eigenvalue weighted by Crippen LogP contribution is -2.34. The largest absolute Gasteiger partial charge is 0.481 e. The zero-order chi connectivity index (χ0) is 16.1. The summed E-state index contributed by atoms with van der Waals surface area (Å²) in [6.07, 6.45) is 3.52. The molecule has 7 heteroatoms. The van der Waals surface area contributed by atoms with Gasteiger partial charge in [-0.05, 0) is 24.1 Å². The van der Waals surface area contributed by atoms with Crippen LogP contribution >= 0.6 is 11.6 Å². The summed E-state index contributed by atoms with van der Waals surface area (Å²) in [4.78, 5) is 27.8. The number of carboxylic acids is 1. The predicted octanol–water partition coefficient (Wildman–Crippen LogP) is 2.59. The standard InChI is InChI=1S/C15H16ClN3O3/c1-2-3-12(20)13(15(21)22)14(19-9-17-8-18-19)10-4-6-11(16)7-5-10/h4-9,13-14H,2-3H2,1H3,(H,21,22). The molecule has 0 spiro atoms. The predicted molar refractivity (Wildman–Crippen MR) is 80.7 cm³/mol. The Kier molecular flexibility index (Phi) is 5.27. The minimum Gasteiger partial charge on any atom is -0.481 e. The molecule has 0 aliphatic rings. The number of benzene rings is 1. The average Bonchev–Trinajstić information content (AvgIpc) is 2.99. The first-order valence-electron chi connectivity index (χ1n) is 6.89. The maximum Gasteiger partial charge on any atom is 0.316 e. The molecule has 0 aliphatic carbocycles. The average molecular weight is 322 g/mol. The number of ketones is 1. The van der Waals surface area contributed by atoms with Crippen molar-refractivity contribution in [1.29, 1.82) is 0 Å². The van der Waals surface area contributed by atoms with Gasteiger partial charge in [0, 0.05) is 11.4 Å². The number of carboxylic acid groups (broad SMARTS) is 1. The lowest BCUT2D eigenvalue weighted by molar-refractivity contribution is -0.147. The third-order valence-corrected chi connectivity index (χ3v) is 3.61. The minimum atomic E-state index is -1.22. The molecule has 1 N–H and O–H groups in total. The Morgan fingerprint density at radius 2 is 2.00 bits per heavy atom. The van der Waals surface area contributed by atoms with Gasteiger partial charge in [0.05, 0.1) is 6.04 Å². The molecule has 1 heterocycles. The quantitative estimate of drug-likeness (QED) is 0.792. The van der Waals surface area contributed by atoms with E-state index >= 15 is 0 Å². The summed E-state index contributed by atoms with van der Waals surface area (Å²) in [7, 11) is 0. The second-order valence-corrected chi connectivity index (χ2v) is 5.34. The number of nitrogens with zero attached hydrogens (tertiary/aromatic N) is 3. The highest BCUT2D eigenvalue weighted by Gasteiger charge is 2.36. The smallest absolute Gasteiger partial charge is 0.316 e. The third-order valence-electron chi connectivity index (χ3n) is 3.36. The van der Waals surface area contributed by atoms with E-state index in [1.165, 1.54) is 17.3 Å². The summed E-state index contributed by atoms with van der Waals surface area (Å²) in [5.74, 6) is -2.72. The Morgan fingerprint density at radius 1 is 1.32 bits per heavy atom. The van der Waals surface area contributed by atoms with E-state index in [1.807, 2.05) is 6.92 Å². The van der Waals surface area contributed by atoms with Gasteiger partial charge in [0.25, 0.3) is 0 Å². The summed E-state index contributed by atoms with van der Waals surface area (Å²) in [6, 6.07) is 5.96. The molecule has 2 atom stereocenters. The van der Waals surface area contributed by atoms with Crippen molar-refractivity contribution < 1.29 is 14.7 Å². The topological polar surface area (TPSA) is 85.1 Å². The van der Waals surface area contributed by atoms with E-state index < -0.39 is 17.9 Å². The number of hydrogen-bond donors (Lipinski definition) is 1. The molecule has 0 amide bonds. The Hall–Kier alpha value is -2.21. The molecule has 0 saturated carbocycles. The first-order chi connectivity index (χ1) is 10.5. The van der Waals surface area contributed by atoms with Crippen molar-refractivity contribution in [2.75, 3.05) is 0 Å². The van der Waals surface area contributed by atoms with Gasteiger partial charge in [0.15, 0.2) is 0 Å². The fourth-order valence-corrected chi connectivity index (χ4v) is 2.50. The number of halogens is 1. The molecule has 1 aromatic heterocycles. The van der Waals surface area contributed by atoms with Gasteiger partial charge in [0.2, 0.25) is 0 Å². The van der Waals surface area contributed by atoms with Gasteiger partial charge in [-0.15, -0.1) is 0 Å². The van der Waals surface area contributed by atoms with Crippen LogP contribution in [0.2, 0.25) is 5.02 Å². The molecule has 2 aromatic rings. The Balaban J connectivity index is 2.49. The molecule has 0 bridgehead atoms. The summed E-state index contributed by atoms with van der Waals surface area (Å²) in [6.45, 7) is 1.84. The van der Waals surface area contributed by atoms with E-state index in [-0.39, 0.29) is 12.2 Å². The van der Waals surface area contributed by atoms with Gasteiger partial charge in [-0.3, -0.25) is 9.59 Å². The zero-order valence-electron chi connectivity index (χ0n) is 12.0. The van der Waals surface area contributed by atoms with Crippen molar-refractivity contribution in [3.8, 4) is 0 Å². The monoisotopic (exact) mass is 321 g/mol. The van der Waals surface area contributed by atoms with Crippen molar-refractivity contribution in [2.24, 2.45) is 5.92 Å². The SMILES string of the molecule is CCCC(=O)C(C(=O)O)C(c1ccc(Cl)cc1)n1cncn1. The molecular weight excluding hydrogens is 306 g/mol. The van der Waals surface area contributed by atoms with Crippen molar-refractivity contribution in [2.45, 2.75) is 25.8 Å². The molecule has 0 aliphatic heterocycles. The van der Waals surface area contributed by atoms with Crippen LogP contribution in [0.25, 0.3) is 0 Å². The Bertz CT molecular complexity index is 641. The van der Waals surface area contributed by atoms with Crippen LogP contribution in [0.1, 0.15) is 31.4 Å². The number of aliphatic carboxylic acids is 1. The van der Waals surface area contributed by atoms with Gasteiger partial charge in [-0.2, -0.15) is 5.10 Å². The van der Waals surface area contributed by atoms with E-state index in [0.29, 0.717) is 17.0 Å². The van der Waals surface area contributed by atoms with Crippen LogP contribution in [0, 0.1) is 5.92 Å². The van der Waals surface area contributed by atoms with Gasteiger partial charge in [0.1, 0.15) is 24.4 Å². The number of Topliss-reactive ketones (excluding diaryl/α,β-unsaturated/α-hetero) is 1. The number of hydrogen-bond acceptors (Lipinski definition) is 4. The molecule has 2 rings (SSSR count). The molecule has 22 heavy (non-hydrogen) atoms. The molecule has 1 aromatic carbocycles. The zero-order valence-corrected chi connectivity index (χ0v) is 12.8. The third kappa shape index (κ3) is 3.51. The van der Waals surface area contributed by atoms with Crippen molar-refractivity contribution in [3.05, 3.63) is 47.5 Å². The normalized spacial score (nSPS) is 13.5. The van der Waals surface area contributed by atoms with Crippen LogP contribution in [0.4, 0.5) is 0 Å². The van der Waals surface area contributed by atoms with E-state index in [4.69, 9.17) is 11.6 Å². The second-order valence-electron chi connectivity index (χ2n) is 4.90. The van der Waals surface area contributed by atoms with Crippen molar-refractivity contribution >= 4 is 23.4 Å². The molecular formula is C15H16ClN3O3. The van der Waals surface area contributed by atoms with E-state index in [9.17, 15) is 14.7 Å². The fourth-order valence-electron chi connectivity index (χ4n) is 2.37. The lowest BCUT2D eigenvalue weighted by Gasteiger charge is -2.23. The number of carbonyl (C=O) groups excluding carboxylic acids is 1. The van der Waals surface area contributed by atoms with E-state index in [0.717, 1.165) is 0 Å². The second kappa shape index (κ2) is 7.17. The molecule has 0 saturated heterocycles. The number of aromatic nitrogens is 3. The maximum atomic E-state index is 12.3. The first kappa shape index (κ1) is 16.2. The van der Waals surface area contributed by atoms with Crippen molar-refractivity contribution in [1.82, 2.24) is 14.8 Å². The summed E-state index contributed by atoms with van der Waals surface area (Å²) >= 11 is 5.88. The van der Waals surface area contributed by atoms with Crippen LogP contribution in [0.15, 0.2) is 36.9 Å². The lowest BCUT2D eigenvalue weighted by atomic mass is 9.88. The van der Waals surface area contributed by atoms with E-state index in [2.05, 4.69) is 10.1 Å². The minimum absolute atomic E-state index is 0.204. The Morgan fingerprint density at radius 3 is 2.50 bits per heavy atom. The molecule has 0 fully saturated rings. The number of rotatable bonds is 7. The van der Waals surface area contributed by atoms with Crippen LogP contribution in [0.5, 0.6) is 0 Å². The summed E-state index contributed by atoms with van der Waals surface area (Å²) in [5.41, 5.74) is 0.645. The highest BCUT2D eigenvalue weighted by atomic mass is 35.5. The maximum absolute atomic E-state index is 12.3. The van der Waals surface area contributed by atoms with Crippen molar-refractivity contribution in [3.63, 3.8) is 0 Å². The number of carbonyl (C=O) groups is 2. The molecule has 2 unspecified atom stereocenters. The van der Waals surface area contributed by atoms with Gasteiger partial charge < -0.3 is 5.11 Å². The van der Waals surface area contributed by atoms with Crippen LogP contribution in [-0.2, 0) is 9.59 Å². The molecule has 6 nitrogen and oxygen atoms in total. The first-order valence-corrected chi connectivity index (χ1v) is 7.27. The highest BCUT2D eigenvalue weighted by molar-refractivity contribution is 6.30. The van der Waals surface area contributed by atoms with Crippen LogP contribution < -0.4 is 0 Å². The summed E-state index contributed by atoms with van der Waals surface area (Å²) < 4.78 is 1.40. The van der Waals surface area contributed by atoms with Gasteiger partial charge in [-0.1, -0.05) is 30.7 Å². The van der Waals surface area contributed by atoms with Gasteiger partial charge >= 0.3 is 5.97 Å². The molecule has 0 radical (unpaired) electrons. The fraction of sp³-hybridized carbons (Fsp3) is 0.333. The molecule has 116 valence electrons. The van der Waals surface area contributed by atoms with Gasteiger partial charge in [-0.25, -0.2) is 9.67 Å². The van der Waals surface area contributed by atoms with E-state index in [1.54, 1.807) is 24.3 Å². The highest BCUT2D eigenvalue weighted by Crippen LogP contribution is 2.29. The van der Waals surface area contributed by atoms with Crippen LogP contribution in [0.3, 0.4) is 0 Å².